The molecule has 0 radical (unpaired) electrons. The molecule has 0 unspecified atom stereocenters. The van der Waals surface area contributed by atoms with Crippen molar-refractivity contribution in [2.75, 3.05) is 13.1 Å². The third-order valence-corrected chi connectivity index (χ3v) is 6.07. The molecule has 28 heavy (non-hydrogen) atoms. The van der Waals surface area contributed by atoms with Crippen molar-refractivity contribution in [3.63, 3.8) is 0 Å². The van der Waals surface area contributed by atoms with Crippen LogP contribution in [0.3, 0.4) is 0 Å². The van der Waals surface area contributed by atoms with Crippen LogP contribution in [-0.4, -0.2) is 35.3 Å². The van der Waals surface area contributed by atoms with Gasteiger partial charge in [0.15, 0.2) is 5.78 Å². The van der Waals surface area contributed by atoms with Gasteiger partial charge in [0.2, 0.25) is 0 Å². The lowest BCUT2D eigenvalue weighted by atomic mass is 9.82. The van der Waals surface area contributed by atoms with Crippen LogP contribution in [0.2, 0.25) is 5.02 Å². The summed E-state index contributed by atoms with van der Waals surface area (Å²) < 4.78 is 6.24. The molecule has 1 fully saturated rings. The number of carbonyl (C=O) groups is 2. The summed E-state index contributed by atoms with van der Waals surface area (Å²) in [5.41, 5.74) is 1.97. The summed E-state index contributed by atoms with van der Waals surface area (Å²) in [4.78, 5) is 27.3. The minimum atomic E-state index is -0.518. The number of ether oxygens (including phenoxy) is 1. The van der Waals surface area contributed by atoms with E-state index in [-0.39, 0.29) is 11.7 Å². The van der Waals surface area contributed by atoms with E-state index in [1.54, 1.807) is 18.2 Å². The highest BCUT2D eigenvalue weighted by Gasteiger charge is 2.43. The molecule has 5 heteroatoms. The van der Waals surface area contributed by atoms with E-state index in [4.69, 9.17) is 16.3 Å². The molecule has 1 spiro atoms. The number of carbonyl (C=O) groups excluding carboxylic acids is 2. The lowest BCUT2D eigenvalue weighted by Gasteiger charge is -2.44. The van der Waals surface area contributed by atoms with Gasteiger partial charge >= 0.3 is 0 Å². The fourth-order valence-corrected chi connectivity index (χ4v) is 4.23. The highest BCUT2D eigenvalue weighted by atomic mass is 35.5. The molecule has 4 rings (SSSR count). The summed E-state index contributed by atoms with van der Waals surface area (Å²) in [5, 5.41) is 0.538. The van der Waals surface area contributed by atoms with Gasteiger partial charge in [-0.3, -0.25) is 9.59 Å². The number of piperidine rings is 1. The van der Waals surface area contributed by atoms with Crippen LogP contribution >= 0.6 is 11.6 Å². The van der Waals surface area contributed by atoms with Gasteiger partial charge in [-0.15, -0.1) is 0 Å². The smallest absolute Gasteiger partial charge is 0.253 e. The highest BCUT2D eigenvalue weighted by Crippen LogP contribution is 2.40. The molecule has 2 aliphatic rings. The zero-order chi connectivity index (χ0) is 19.9. The van der Waals surface area contributed by atoms with Gasteiger partial charge < -0.3 is 9.64 Å². The molecule has 2 aromatic carbocycles. The molecule has 0 N–H and O–H groups in total. The lowest BCUT2D eigenvalue weighted by molar-refractivity contribution is -0.00570. The standard InChI is InChI=1S/C23H24ClNO3/c1-15(2)16-3-5-17(6-4-16)22(27)25-11-9-23(10-12-25)14-20(26)19-13-18(24)7-8-21(19)28-23/h3-8,13,15H,9-12,14H2,1-2H3. The van der Waals surface area contributed by atoms with Crippen LogP contribution in [0.5, 0.6) is 5.75 Å². The maximum absolute atomic E-state index is 12.9. The fourth-order valence-electron chi connectivity index (χ4n) is 4.06. The highest BCUT2D eigenvalue weighted by molar-refractivity contribution is 6.31. The van der Waals surface area contributed by atoms with Gasteiger partial charge in [0.1, 0.15) is 11.4 Å². The molecule has 0 aliphatic carbocycles. The van der Waals surface area contributed by atoms with E-state index in [0.29, 0.717) is 60.2 Å². The second-order valence-corrected chi connectivity index (χ2v) is 8.53. The summed E-state index contributed by atoms with van der Waals surface area (Å²) in [6.07, 6.45) is 1.64. The van der Waals surface area contributed by atoms with E-state index in [2.05, 4.69) is 13.8 Å². The first-order valence-electron chi connectivity index (χ1n) is 9.78. The van der Waals surface area contributed by atoms with Gasteiger partial charge in [0.25, 0.3) is 5.91 Å². The SMILES string of the molecule is CC(C)c1ccc(C(=O)N2CCC3(CC2)CC(=O)c2cc(Cl)ccc2O3)cc1. The normalized spacial score (nSPS) is 18.1. The zero-order valence-corrected chi connectivity index (χ0v) is 17.0. The van der Waals surface area contributed by atoms with Crippen molar-refractivity contribution in [3.8, 4) is 5.75 Å². The van der Waals surface area contributed by atoms with Crippen LogP contribution in [0.15, 0.2) is 42.5 Å². The Morgan fingerprint density at radius 2 is 1.79 bits per heavy atom. The van der Waals surface area contributed by atoms with Crippen LogP contribution in [0.1, 0.15) is 65.3 Å². The molecule has 2 aliphatic heterocycles. The maximum Gasteiger partial charge on any atom is 0.253 e. The number of halogens is 1. The molecule has 146 valence electrons. The van der Waals surface area contributed by atoms with Crippen molar-refractivity contribution in [2.24, 2.45) is 0 Å². The number of ketones is 1. The largest absolute Gasteiger partial charge is 0.486 e. The number of Topliss-reactive ketones (excluding diaryl/α,β-unsaturated/α-hetero) is 1. The average molecular weight is 398 g/mol. The Kier molecular flexibility index (Phi) is 4.92. The van der Waals surface area contributed by atoms with Crippen molar-refractivity contribution >= 4 is 23.3 Å². The average Bonchev–Trinajstić information content (AvgIpc) is 2.69. The minimum Gasteiger partial charge on any atom is -0.486 e. The Labute approximate surface area is 170 Å². The molecule has 1 saturated heterocycles. The van der Waals surface area contributed by atoms with Gasteiger partial charge in [0, 0.05) is 36.5 Å². The number of hydrogen-bond donors (Lipinski definition) is 0. The van der Waals surface area contributed by atoms with Crippen LogP contribution in [0, 0.1) is 0 Å². The topological polar surface area (TPSA) is 46.6 Å². The summed E-state index contributed by atoms with van der Waals surface area (Å²) in [5.74, 6) is 1.15. The first-order valence-corrected chi connectivity index (χ1v) is 10.2. The third kappa shape index (κ3) is 3.53. The summed E-state index contributed by atoms with van der Waals surface area (Å²) >= 11 is 6.01. The second-order valence-electron chi connectivity index (χ2n) is 8.09. The number of fused-ring (bicyclic) bond motifs is 1. The van der Waals surface area contributed by atoms with Crippen molar-refractivity contribution in [2.45, 2.75) is 44.6 Å². The summed E-state index contributed by atoms with van der Waals surface area (Å²) in [7, 11) is 0. The Bertz CT molecular complexity index is 912. The van der Waals surface area contributed by atoms with E-state index in [0.717, 1.165) is 0 Å². The van der Waals surface area contributed by atoms with Crippen LogP contribution in [-0.2, 0) is 0 Å². The van der Waals surface area contributed by atoms with Crippen molar-refractivity contribution in [1.29, 1.82) is 0 Å². The van der Waals surface area contributed by atoms with Crippen molar-refractivity contribution in [3.05, 3.63) is 64.2 Å². The number of likely N-dealkylation sites (tertiary alicyclic amines) is 1. The molecular weight excluding hydrogens is 374 g/mol. The Morgan fingerprint density at radius 1 is 1.11 bits per heavy atom. The lowest BCUT2D eigenvalue weighted by Crippen LogP contribution is -2.52. The Hall–Kier alpha value is -2.33. The summed E-state index contributed by atoms with van der Waals surface area (Å²) in [6, 6.07) is 13.0. The number of nitrogens with zero attached hydrogens (tertiary/aromatic N) is 1. The molecule has 0 atom stereocenters. The monoisotopic (exact) mass is 397 g/mol. The van der Waals surface area contributed by atoms with E-state index < -0.39 is 5.60 Å². The van der Waals surface area contributed by atoms with Crippen LogP contribution < -0.4 is 4.74 Å². The first-order chi connectivity index (χ1) is 13.4. The molecule has 1 amide bonds. The summed E-state index contributed by atoms with van der Waals surface area (Å²) in [6.45, 7) is 5.44. The van der Waals surface area contributed by atoms with E-state index in [1.807, 2.05) is 29.2 Å². The van der Waals surface area contributed by atoms with Gasteiger partial charge in [-0.25, -0.2) is 0 Å². The molecule has 0 bridgehead atoms. The molecule has 0 saturated carbocycles. The number of rotatable bonds is 2. The number of hydrogen-bond acceptors (Lipinski definition) is 3. The van der Waals surface area contributed by atoms with Gasteiger partial charge in [-0.1, -0.05) is 37.6 Å². The van der Waals surface area contributed by atoms with Crippen molar-refractivity contribution < 1.29 is 14.3 Å². The predicted molar refractivity (Wildman–Crippen MR) is 109 cm³/mol. The van der Waals surface area contributed by atoms with Gasteiger partial charge in [-0.2, -0.15) is 0 Å². The first kappa shape index (κ1) is 19.0. The maximum atomic E-state index is 12.9. The van der Waals surface area contributed by atoms with E-state index in [9.17, 15) is 9.59 Å². The van der Waals surface area contributed by atoms with E-state index >= 15 is 0 Å². The molecular formula is C23H24ClNO3. The van der Waals surface area contributed by atoms with Crippen molar-refractivity contribution in [1.82, 2.24) is 4.90 Å². The van der Waals surface area contributed by atoms with Crippen LogP contribution in [0.25, 0.3) is 0 Å². The fraction of sp³-hybridized carbons (Fsp3) is 0.391. The molecule has 0 aromatic heterocycles. The minimum absolute atomic E-state index is 0.0412. The van der Waals surface area contributed by atoms with Crippen LogP contribution in [0.4, 0.5) is 0 Å². The zero-order valence-electron chi connectivity index (χ0n) is 16.2. The Balaban J connectivity index is 1.45. The quantitative estimate of drug-likeness (QED) is 0.707. The molecule has 2 aromatic rings. The third-order valence-electron chi connectivity index (χ3n) is 5.84. The Morgan fingerprint density at radius 3 is 2.43 bits per heavy atom. The van der Waals surface area contributed by atoms with E-state index in [1.165, 1.54) is 5.56 Å². The van der Waals surface area contributed by atoms with Gasteiger partial charge in [-0.05, 0) is 41.8 Å². The van der Waals surface area contributed by atoms with Gasteiger partial charge in [0.05, 0.1) is 12.0 Å². The molecule has 4 nitrogen and oxygen atoms in total. The predicted octanol–water partition coefficient (Wildman–Crippen LogP) is 5.10. The molecule has 2 heterocycles. The number of benzene rings is 2. The number of amides is 1. The second kappa shape index (κ2) is 7.25.